The monoisotopic (exact) mass is 279 g/mol. The Morgan fingerprint density at radius 2 is 1.89 bits per heavy atom. The van der Waals surface area contributed by atoms with Gasteiger partial charge in [-0.3, -0.25) is 0 Å². The van der Waals surface area contributed by atoms with Gasteiger partial charge >= 0.3 is 12.1 Å². The molecule has 0 fully saturated rings. The van der Waals surface area contributed by atoms with Gasteiger partial charge in [-0.05, 0) is 27.2 Å². The van der Waals surface area contributed by atoms with Crippen LogP contribution in [0.2, 0.25) is 0 Å². The Balaban J connectivity index is 4.59. The standard InChI is InChI=1S/C12H22ClNO4/c1-6-8(2)9(10(15)17-7-13)18-11(16)14-12(3,4)5/h8-9H,6-7H2,1-5H3,(H,14,16)/t8-,9-/m0/s1. The molecular weight excluding hydrogens is 258 g/mol. The third-order valence-electron chi connectivity index (χ3n) is 2.30. The van der Waals surface area contributed by atoms with Crippen LogP contribution in [0.15, 0.2) is 0 Å². The second-order valence-corrected chi connectivity index (χ2v) is 5.38. The summed E-state index contributed by atoms with van der Waals surface area (Å²) in [6.45, 7) is 9.18. The molecule has 0 radical (unpaired) electrons. The summed E-state index contributed by atoms with van der Waals surface area (Å²) in [6, 6.07) is -0.254. The Labute approximate surface area is 113 Å². The molecule has 2 atom stereocenters. The number of alkyl halides is 1. The number of carbonyl (C=O) groups excluding carboxylic acids is 2. The highest BCUT2D eigenvalue weighted by molar-refractivity contribution is 6.17. The van der Waals surface area contributed by atoms with Crippen LogP contribution >= 0.6 is 11.6 Å². The zero-order valence-electron chi connectivity index (χ0n) is 11.6. The molecule has 0 aliphatic carbocycles. The second kappa shape index (κ2) is 7.46. The fraction of sp³-hybridized carbons (Fsp3) is 0.833. The van der Waals surface area contributed by atoms with Crippen LogP contribution in [0.1, 0.15) is 41.0 Å². The van der Waals surface area contributed by atoms with Gasteiger partial charge in [-0.2, -0.15) is 0 Å². The van der Waals surface area contributed by atoms with Gasteiger partial charge in [0.15, 0.2) is 6.07 Å². The lowest BCUT2D eigenvalue weighted by Crippen LogP contribution is -2.45. The molecule has 0 heterocycles. The number of amides is 1. The van der Waals surface area contributed by atoms with Crippen LogP contribution in [0.4, 0.5) is 4.79 Å². The van der Waals surface area contributed by atoms with E-state index in [1.54, 1.807) is 0 Å². The third-order valence-corrected chi connectivity index (χ3v) is 2.41. The fourth-order valence-corrected chi connectivity index (χ4v) is 1.31. The molecule has 18 heavy (non-hydrogen) atoms. The van der Waals surface area contributed by atoms with Crippen molar-refractivity contribution in [3.63, 3.8) is 0 Å². The van der Waals surface area contributed by atoms with Crippen molar-refractivity contribution in [2.24, 2.45) is 5.92 Å². The Morgan fingerprint density at radius 1 is 1.33 bits per heavy atom. The van der Waals surface area contributed by atoms with Crippen molar-refractivity contribution in [1.82, 2.24) is 5.32 Å². The molecule has 6 heteroatoms. The number of carbonyl (C=O) groups is 2. The molecule has 0 aromatic heterocycles. The first-order valence-corrected chi connectivity index (χ1v) is 6.46. The van der Waals surface area contributed by atoms with Gasteiger partial charge in [-0.1, -0.05) is 25.4 Å². The first-order valence-electron chi connectivity index (χ1n) is 5.92. The Bertz CT molecular complexity index is 288. The van der Waals surface area contributed by atoms with Gasteiger partial charge in [-0.25, -0.2) is 9.59 Å². The molecular formula is C12H22ClNO4. The molecule has 0 unspecified atom stereocenters. The topological polar surface area (TPSA) is 64.6 Å². The summed E-state index contributed by atoms with van der Waals surface area (Å²) in [4.78, 5) is 23.3. The van der Waals surface area contributed by atoms with E-state index in [2.05, 4.69) is 10.1 Å². The van der Waals surface area contributed by atoms with Gasteiger partial charge < -0.3 is 14.8 Å². The number of rotatable bonds is 5. The van der Waals surface area contributed by atoms with Crippen LogP contribution in [0.3, 0.4) is 0 Å². The van der Waals surface area contributed by atoms with Crippen LogP contribution in [-0.4, -0.2) is 29.8 Å². The zero-order chi connectivity index (χ0) is 14.3. The summed E-state index contributed by atoms with van der Waals surface area (Å²) < 4.78 is 9.79. The second-order valence-electron chi connectivity index (χ2n) is 5.16. The molecule has 0 aliphatic rings. The molecule has 0 saturated heterocycles. The molecule has 0 aliphatic heterocycles. The van der Waals surface area contributed by atoms with E-state index in [0.29, 0.717) is 6.42 Å². The maximum atomic E-state index is 11.6. The molecule has 1 N–H and O–H groups in total. The lowest BCUT2D eigenvalue weighted by atomic mass is 10.0. The summed E-state index contributed by atoms with van der Waals surface area (Å²) in [5, 5.41) is 2.62. The van der Waals surface area contributed by atoms with Crippen molar-refractivity contribution in [3.05, 3.63) is 0 Å². The predicted octanol–water partition coefficient (Wildman–Crippen LogP) is 2.67. The van der Waals surface area contributed by atoms with Gasteiger partial charge in [0, 0.05) is 11.5 Å². The number of ether oxygens (including phenoxy) is 2. The van der Waals surface area contributed by atoms with Crippen LogP contribution in [0, 0.1) is 5.92 Å². The van der Waals surface area contributed by atoms with Gasteiger partial charge in [0.2, 0.25) is 6.10 Å². The normalized spacial score (nSPS) is 14.6. The highest BCUT2D eigenvalue weighted by Gasteiger charge is 2.30. The predicted molar refractivity (Wildman–Crippen MR) is 69.4 cm³/mol. The quantitative estimate of drug-likeness (QED) is 0.621. The molecule has 0 aromatic rings. The Morgan fingerprint density at radius 3 is 2.28 bits per heavy atom. The highest BCUT2D eigenvalue weighted by atomic mass is 35.5. The van der Waals surface area contributed by atoms with E-state index in [-0.39, 0.29) is 12.0 Å². The van der Waals surface area contributed by atoms with E-state index in [9.17, 15) is 9.59 Å². The summed E-state index contributed by atoms with van der Waals surface area (Å²) in [5.74, 6) is -0.755. The molecule has 0 aromatic carbocycles. The highest BCUT2D eigenvalue weighted by Crippen LogP contribution is 2.14. The number of hydrogen-bond donors (Lipinski definition) is 1. The van der Waals surface area contributed by atoms with E-state index in [1.165, 1.54) is 0 Å². The minimum Gasteiger partial charge on any atom is -0.447 e. The average molecular weight is 280 g/mol. The van der Waals surface area contributed by atoms with Crippen LogP contribution in [0.5, 0.6) is 0 Å². The number of esters is 1. The van der Waals surface area contributed by atoms with Crippen molar-refractivity contribution in [1.29, 1.82) is 0 Å². The lowest BCUT2D eigenvalue weighted by molar-refractivity contribution is -0.154. The number of nitrogens with one attached hydrogen (secondary N) is 1. The van der Waals surface area contributed by atoms with Gasteiger partial charge in [0.05, 0.1) is 0 Å². The molecule has 0 spiro atoms. The SMILES string of the molecule is CC[C@H](C)[C@H](OC(=O)NC(C)(C)C)C(=O)OCCl. The molecule has 0 rings (SSSR count). The van der Waals surface area contributed by atoms with Crippen molar-refractivity contribution in [2.45, 2.75) is 52.7 Å². The van der Waals surface area contributed by atoms with Crippen molar-refractivity contribution in [3.8, 4) is 0 Å². The Kier molecular flexibility index (Phi) is 7.06. The summed E-state index contributed by atoms with van der Waals surface area (Å²) in [7, 11) is 0. The average Bonchev–Trinajstić information content (AvgIpc) is 2.22. The number of hydrogen-bond acceptors (Lipinski definition) is 4. The first-order chi connectivity index (χ1) is 8.21. The maximum Gasteiger partial charge on any atom is 0.408 e. The van der Waals surface area contributed by atoms with Crippen molar-refractivity contribution < 1.29 is 19.1 Å². The number of halogens is 1. The molecule has 0 saturated carbocycles. The molecule has 106 valence electrons. The minimum absolute atomic E-state index is 0.133. The molecule has 1 amide bonds. The van der Waals surface area contributed by atoms with Gasteiger partial charge in [-0.15, -0.1) is 0 Å². The van der Waals surface area contributed by atoms with Crippen LogP contribution in [-0.2, 0) is 14.3 Å². The maximum absolute atomic E-state index is 11.6. The zero-order valence-corrected chi connectivity index (χ0v) is 12.3. The van der Waals surface area contributed by atoms with Gasteiger partial charge in [0.25, 0.3) is 0 Å². The number of alkyl carbamates (subject to hydrolysis) is 1. The summed E-state index contributed by atoms with van der Waals surface area (Å²) >= 11 is 5.33. The van der Waals surface area contributed by atoms with E-state index in [4.69, 9.17) is 16.3 Å². The van der Waals surface area contributed by atoms with E-state index >= 15 is 0 Å². The van der Waals surface area contributed by atoms with Crippen molar-refractivity contribution >= 4 is 23.7 Å². The summed E-state index contributed by atoms with van der Waals surface area (Å²) in [6.07, 6.45) is -0.888. The van der Waals surface area contributed by atoms with Gasteiger partial charge in [0.1, 0.15) is 0 Å². The molecule has 5 nitrogen and oxygen atoms in total. The molecule has 0 bridgehead atoms. The van der Waals surface area contributed by atoms with Crippen molar-refractivity contribution in [2.75, 3.05) is 6.07 Å². The van der Waals surface area contributed by atoms with Crippen LogP contribution < -0.4 is 5.32 Å². The minimum atomic E-state index is -0.934. The van der Waals surface area contributed by atoms with E-state index in [0.717, 1.165) is 0 Å². The van der Waals surface area contributed by atoms with E-state index in [1.807, 2.05) is 34.6 Å². The Hall–Kier alpha value is -0.970. The smallest absolute Gasteiger partial charge is 0.408 e. The van der Waals surface area contributed by atoms with E-state index < -0.39 is 23.7 Å². The fourth-order valence-electron chi connectivity index (χ4n) is 1.20. The van der Waals surface area contributed by atoms with Crippen LogP contribution in [0.25, 0.3) is 0 Å². The first kappa shape index (κ1) is 17.0. The summed E-state index contributed by atoms with van der Waals surface area (Å²) in [5.41, 5.74) is -0.423. The largest absolute Gasteiger partial charge is 0.447 e. The lowest BCUT2D eigenvalue weighted by Gasteiger charge is -2.25. The third kappa shape index (κ3) is 6.69.